The summed E-state index contributed by atoms with van der Waals surface area (Å²) in [5, 5.41) is 0. The Hall–Kier alpha value is -0.380. The molecule has 3 nitrogen and oxygen atoms in total. The molecule has 0 spiro atoms. The van der Waals surface area contributed by atoms with Crippen LogP contribution in [0.3, 0.4) is 0 Å². The van der Waals surface area contributed by atoms with Crippen molar-refractivity contribution in [1.29, 1.82) is 0 Å². The van der Waals surface area contributed by atoms with Gasteiger partial charge in [0.05, 0.1) is 13.2 Å². The standard InChI is InChI=1S/C11H21NO2/c1-3-13-14-10-4-5-11-6-8-12(2)9-7-11/h5H,3-4,6-10H2,1-2H3. The number of rotatable bonds is 5. The molecule has 0 aliphatic carbocycles. The normalized spacial score (nSPS) is 18.6. The number of nitrogens with zero attached hydrogens (tertiary/aromatic N) is 1. The molecular formula is C11H21NO2. The SMILES string of the molecule is CCOOCCC=C1CCN(C)CC1. The first-order valence-corrected chi connectivity index (χ1v) is 5.43. The zero-order valence-corrected chi connectivity index (χ0v) is 9.29. The van der Waals surface area contributed by atoms with Gasteiger partial charge >= 0.3 is 0 Å². The van der Waals surface area contributed by atoms with Crippen LogP contribution < -0.4 is 0 Å². The van der Waals surface area contributed by atoms with Crippen molar-refractivity contribution in [2.75, 3.05) is 33.4 Å². The van der Waals surface area contributed by atoms with Crippen molar-refractivity contribution in [2.24, 2.45) is 0 Å². The fourth-order valence-electron chi connectivity index (χ4n) is 1.56. The van der Waals surface area contributed by atoms with E-state index >= 15 is 0 Å². The molecule has 1 fully saturated rings. The van der Waals surface area contributed by atoms with Crippen LogP contribution in [0.2, 0.25) is 0 Å². The minimum Gasteiger partial charge on any atom is -0.306 e. The molecule has 1 rings (SSSR count). The van der Waals surface area contributed by atoms with Gasteiger partial charge in [-0.15, -0.1) is 0 Å². The lowest BCUT2D eigenvalue weighted by atomic mass is 10.0. The maximum atomic E-state index is 4.94. The molecule has 0 bridgehead atoms. The van der Waals surface area contributed by atoms with Crippen molar-refractivity contribution < 1.29 is 9.78 Å². The Bertz CT molecular complexity index is 170. The van der Waals surface area contributed by atoms with Gasteiger partial charge in [0.2, 0.25) is 0 Å². The molecule has 82 valence electrons. The van der Waals surface area contributed by atoms with Gasteiger partial charge < -0.3 is 4.90 Å². The van der Waals surface area contributed by atoms with Crippen LogP contribution in [0.15, 0.2) is 11.6 Å². The van der Waals surface area contributed by atoms with Crippen LogP contribution in [0.4, 0.5) is 0 Å². The van der Waals surface area contributed by atoms with Gasteiger partial charge in [0.1, 0.15) is 0 Å². The van der Waals surface area contributed by atoms with Gasteiger partial charge in [0.15, 0.2) is 0 Å². The molecule has 14 heavy (non-hydrogen) atoms. The molecule has 0 saturated carbocycles. The van der Waals surface area contributed by atoms with Crippen LogP contribution in [0.25, 0.3) is 0 Å². The number of likely N-dealkylation sites (tertiary alicyclic amines) is 1. The Labute approximate surface area is 86.6 Å². The van der Waals surface area contributed by atoms with Crippen LogP contribution in [0, 0.1) is 0 Å². The lowest BCUT2D eigenvalue weighted by Crippen LogP contribution is -2.26. The Morgan fingerprint density at radius 2 is 2.00 bits per heavy atom. The van der Waals surface area contributed by atoms with E-state index in [2.05, 4.69) is 18.0 Å². The molecule has 0 aromatic rings. The molecule has 0 unspecified atom stereocenters. The van der Waals surface area contributed by atoms with E-state index < -0.39 is 0 Å². The summed E-state index contributed by atoms with van der Waals surface area (Å²) in [6.07, 6.45) is 5.70. The lowest BCUT2D eigenvalue weighted by Gasteiger charge is -2.23. The van der Waals surface area contributed by atoms with Crippen LogP contribution in [0.1, 0.15) is 26.2 Å². The Morgan fingerprint density at radius 3 is 2.64 bits per heavy atom. The van der Waals surface area contributed by atoms with Crippen LogP contribution in [-0.4, -0.2) is 38.3 Å². The molecule has 3 heteroatoms. The van der Waals surface area contributed by atoms with Gasteiger partial charge in [-0.1, -0.05) is 11.6 Å². The third-order valence-corrected chi connectivity index (χ3v) is 2.46. The van der Waals surface area contributed by atoms with Crippen LogP contribution >= 0.6 is 0 Å². The monoisotopic (exact) mass is 199 g/mol. The third kappa shape index (κ3) is 4.74. The third-order valence-electron chi connectivity index (χ3n) is 2.46. The van der Waals surface area contributed by atoms with E-state index in [0.717, 1.165) is 6.42 Å². The van der Waals surface area contributed by atoms with Gasteiger partial charge in [0, 0.05) is 13.1 Å². The number of hydrogen-bond acceptors (Lipinski definition) is 3. The first-order valence-electron chi connectivity index (χ1n) is 5.43. The van der Waals surface area contributed by atoms with Crippen molar-refractivity contribution in [3.63, 3.8) is 0 Å². The topological polar surface area (TPSA) is 21.7 Å². The minimum atomic E-state index is 0.626. The van der Waals surface area contributed by atoms with Crippen molar-refractivity contribution in [1.82, 2.24) is 4.90 Å². The van der Waals surface area contributed by atoms with Crippen molar-refractivity contribution in [3.8, 4) is 0 Å². The van der Waals surface area contributed by atoms with Crippen LogP contribution in [0.5, 0.6) is 0 Å². The average molecular weight is 199 g/mol. The maximum Gasteiger partial charge on any atom is 0.0856 e. The maximum absolute atomic E-state index is 4.94. The molecule has 0 radical (unpaired) electrons. The summed E-state index contributed by atoms with van der Waals surface area (Å²) >= 11 is 0. The van der Waals surface area contributed by atoms with Gasteiger partial charge in [-0.05, 0) is 33.2 Å². The summed E-state index contributed by atoms with van der Waals surface area (Å²) < 4.78 is 0. The van der Waals surface area contributed by atoms with Crippen molar-refractivity contribution >= 4 is 0 Å². The summed E-state index contributed by atoms with van der Waals surface area (Å²) in [6.45, 7) is 5.61. The molecule has 0 N–H and O–H groups in total. The van der Waals surface area contributed by atoms with E-state index in [9.17, 15) is 0 Å². The highest BCUT2D eigenvalue weighted by Gasteiger charge is 2.08. The molecule has 0 aromatic carbocycles. The summed E-state index contributed by atoms with van der Waals surface area (Å²) in [5.41, 5.74) is 1.57. The molecular weight excluding hydrogens is 178 g/mol. The Balaban J connectivity index is 2.06. The number of piperidine rings is 1. The second-order valence-electron chi connectivity index (χ2n) is 3.68. The van der Waals surface area contributed by atoms with Gasteiger partial charge in [-0.2, -0.15) is 0 Å². The fourth-order valence-corrected chi connectivity index (χ4v) is 1.56. The Morgan fingerprint density at radius 1 is 1.29 bits per heavy atom. The highest BCUT2D eigenvalue weighted by Crippen LogP contribution is 2.14. The summed E-state index contributed by atoms with van der Waals surface area (Å²) in [7, 11) is 2.18. The summed E-state index contributed by atoms with van der Waals surface area (Å²) in [4.78, 5) is 12.1. The molecule has 1 heterocycles. The molecule has 1 aliphatic rings. The number of hydrogen-bond donors (Lipinski definition) is 0. The van der Waals surface area contributed by atoms with E-state index in [-0.39, 0.29) is 0 Å². The van der Waals surface area contributed by atoms with E-state index in [1.165, 1.54) is 25.9 Å². The molecule has 1 saturated heterocycles. The summed E-state index contributed by atoms with van der Waals surface area (Å²) in [6, 6.07) is 0. The zero-order chi connectivity index (χ0) is 10.2. The molecule has 0 aromatic heterocycles. The lowest BCUT2D eigenvalue weighted by molar-refractivity contribution is -0.290. The summed E-state index contributed by atoms with van der Waals surface area (Å²) in [5.74, 6) is 0. The average Bonchev–Trinajstić information content (AvgIpc) is 2.21. The predicted octanol–water partition coefficient (Wildman–Crippen LogP) is 2.00. The van der Waals surface area contributed by atoms with E-state index in [0.29, 0.717) is 13.2 Å². The van der Waals surface area contributed by atoms with Gasteiger partial charge in [-0.3, -0.25) is 0 Å². The van der Waals surface area contributed by atoms with Crippen LogP contribution in [-0.2, 0) is 9.78 Å². The second-order valence-corrected chi connectivity index (χ2v) is 3.68. The van der Waals surface area contributed by atoms with Gasteiger partial charge in [0.25, 0.3) is 0 Å². The first-order chi connectivity index (χ1) is 6.83. The smallest absolute Gasteiger partial charge is 0.0856 e. The highest BCUT2D eigenvalue weighted by atomic mass is 17.2. The van der Waals surface area contributed by atoms with E-state index in [1.807, 2.05) is 6.92 Å². The first kappa shape index (κ1) is 11.7. The molecule has 0 amide bonds. The predicted molar refractivity (Wildman–Crippen MR) is 57.0 cm³/mol. The quantitative estimate of drug-likeness (QED) is 0.292. The molecule has 1 aliphatic heterocycles. The Kier molecular flexibility index (Phi) is 5.83. The van der Waals surface area contributed by atoms with E-state index in [1.54, 1.807) is 5.57 Å². The van der Waals surface area contributed by atoms with E-state index in [4.69, 9.17) is 9.78 Å². The second kappa shape index (κ2) is 6.98. The zero-order valence-electron chi connectivity index (χ0n) is 9.29. The van der Waals surface area contributed by atoms with Crippen molar-refractivity contribution in [3.05, 3.63) is 11.6 Å². The van der Waals surface area contributed by atoms with Crippen molar-refractivity contribution in [2.45, 2.75) is 26.2 Å². The minimum absolute atomic E-state index is 0.626. The largest absolute Gasteiger partial charge is 0.306 e. The fraction of sp³-hybridized carbons (Fsp3) is 0.818. The molecule has 0 atom stereocenters. The highest BCUT2D eigenvalue weighted by molar-refractivity contribution is 5.05. The van der Waals surface area contributed by atoms with Gasteiger partial charge in [-0.25, -0.2) is 9.78 Å².